The Hall–Kier alpha value is -0.680. The summed E-state index contributed by atoms with van der Waals surface area (Å²) in [5, 5.41) is -0.769. The summed E-state index contributed by atoms with van der Waals surface area (Å²) in [6.07, 6.45) is 0. The third-order valence-electron chi connectivity index (χ3n) is 1.29. The number of carbonyl (C=O) groups excluding carboxylic acids is 1. The molecule has 0 radical (unpaired) electrons. The zero-order valence-corrected chi connectivity index (χ0v) is 8.21. The van der Waals surface area contributed by atoms with Crippen LogP contribution in [-0.2, 0) is 0 Å². The summed E-state index contributed by atoms with van der Waals surface area (Å²) in [6, 6.07) is 5.08. The highest BCUT2D eigenvalue weighted by atomic mass is 35.5. The topological polar surface area (TPSA) is 17.1 Å². The van der Waals surface area contributed by atoms with Crippen molar-refractivity contribution in [3.8, 4) is 0 Å². The summed E-state index contributed by atoms with van der Waals surface area (Å²) >= 11 is 4.84. The molecule has 1 aromatic carbocycles. The van der Waals surface area contributed by atoms with Gasteiger partial charge in [0.15, 0.2) is 0 Å². The minimum absolute atomic E-state index is 0.0519. The van der Waals surface area contributed by atoms with Crippen LogP contribution in [0, 0.1) is 0 Å². The maximum atomic E-state index is 11.9. The maximum Gasteiger partial charge on any atom is 0.446 e. The van der Waals surface area contributed by atoms with Gasteiger partial charge in [0.2, 0.25) is 0 Å². The minimum Gasteiger partial charge on any atom is -0.276 e. The second kappa shape index (κ2) is 4.23. The van der Waals surface area contributed by atoms with Crippen molar-refractivity contribution in [1.82, 2.24) is 0 Å². The molecule has 0 spiro atoms. The van der Waals surface area contributed by atoms with Crippen molar-refractivity contribution in [3.05, 3.63) is 29.8 Å². The van der Waals surface area contributed by atoms with Gasteiger partial charge >= 0.3 is 5.51 Å². The molecule has 0 aliphatic heterocycles. The molecule has 0 amide bonds. The maximum absolute atomic E-state index is 11.9. The van der Waals surface area contributed by atoms with Gasteiger partial charge in [-0.2, -0.15) is 13.2 Å². The molecule has 14 heavy (non-hydrogen) atoms. The van der Waals surface area contributed by atoms with Crippen LogP contribution >= 0.6 is 23.4 Å². The molecule has 1 nitrogen and oxygen atoms in total. The Kier molecular flexibility index (Phi) is 3.44. The van der Waals surface area contributed by atoms with Gasteiger partial charge in [-0.3, -0.25) is 4.79 Å². The van der Waals surface area contributed by atoms with E-state index in [1.807, 2.05) is 0 Å². The van der Waals surface area contributed by atoms with Crippen LogP contribution in [0.15, 0.2) is 29.2 Å². The van der Waals surface area contributed by atoms with Gasteiger partial charge in [-0.05, 0) is 35.5 Å². The SMILES string of the molecule is O=C(Cl)c1cccc(SC(F)(F)F)c1. The Morgan fingerprint density at radius 2 is 2.00 bits per heavy atom. The number of hydrogen-bond acceptors (Lipinski definition) is 2. The molecule has 0 aliphatic carbocycles. The average Bonchev–Trinajstić information content (AvgIpc) is 2.01. The molecule has 0 N–H and O–H groups in total. The fourth-order valence-electron chi connectivity index (χ4n) is 0.815. The first-order valence-corrected chi connectivity index (χ1v) is 4.63. The number of halogens is 4. The quantitative estimate of drug-likeness (QED) is 0.579. The van der Waals surface area contributed by atoms with Gasteiger partial charge in [-0.25, -0.2) is 0 Å². The summed E-state index contributed by atoms with van der Waals surface area (Å²) in [7, 11) is 0. The van der Waals surface area contributed by atoms with Crippen LogP contribution in [0.5, 0.6) is 0 Å². The van der Waals surface area contributed by atoms with E-state index in [2.05, 4.69) is 0 Å². The Morgan fingerprint density at radius 1 is 1.36 bits per heavy atom. The van der Waals surface area contributed by atoms with E-state index in [-0.39, 0.29) is 22.2 Å². The monoisotopic (exact) mass is 240 g/mol. The van der Waals surface area contributed by atoms with Gasteiger partial charge in [0.05, 0.1) is 0 Å². The van der Waals surface area contributed by atoms with Crippen LogP contribution in [0.2, 0.25) is 0 Å². The molecule has 0 saturated carbocycles. The Bertz CT molecular complexity index is 351. The van der Waals surface area contributed by atoms with E-state index >= 15 is 0 Å². The third kappa shape index (κ3) is 3.59. The Morgan fingerprint density at radius 3 is 2.50 bits per heavy atom. The van der Waals surface area contributed by atoms with Crippen molar-refractivity contribution in [3.63, 3.8) is 0 Å². The molecule has 76 valence electrons. The third-order valence-corrected chi connectivity index (χ3v) is 2.23. The van der Waals surface area contributed by atoms with Gasteiger partial charge in [-0.15, -0.1) is 0 Å². The zero-order valence-electron chi connectivity index (χ0n) is 6.64. The standard InChI is InChI=1S/C8H4ClF3OS/c9-7(13)5-2-1-3-6(4-5)14-8(10,11)12/h1-4H. The summed E-state index contributed by atoms with van der Waals surface area (Å²) in [5.74, 6) is 0. The molecule has 0 atom stereocenters. The van der Waals surface area contributed by atoms with Gasteiger partial charge < -0.3 is 0 Å². The van der Waals surface area contributed by atoms with E-state index in [4.69, 9.17) is 11.6 Å². The largest absolute Gasteiger partial charge is 0.446 e. The molecule has 0 bridgehead atoms. The number of thioether (sulfide) groups is 1. The summed E-state index contributed by atoms with van der Waals surface area (Å²) < 4.78 is 35.8. The lowest BCUT2D eigenvalue weighted by molar-refractivity contribution is -0.0328. The van der Waals surface area contributed by atoms with E-state index in [1.54, 1.807) is 0 Å². The van der Waals surface area contributed by atoms with Gasteiger partial charge in [0.1, 0.15) is 0 Å². The molecule has 1 aromatic rings. The molecular formula is C8H4ClF3OS. The minimum atomic E-state index is -4.35. The van der Waals surface area contributed by atoms with E-state index < -0.39 is 10.8 Å². The predicted molar refractivity (Wildman–Crippen MR) is 48.5 cm³/mol. The van der Waals surface area contributed by atoms with Crippen molar-refractivity contribution < 1.29 is 18.0 Å². The van der Waals surface area contributed by atoms with Crippen molar-refractivity contribution >= 4 is 28.6 Å². The molecule has 0 saturated heterocycles. The molecule has 0 aromatic heterocycles. The van der Waals surface area contributed by atoms with Crippen molar-refractivity contribution in [2.45, 2.75) is 10.4 Å². The highest BCUT2D eigenvalue weighted by Crippen LogP contribution is 2.36. The number of rotatable bonds is 2. The van der Waals surface area contributed by atoms with Crippen molar-refractivity contribution in [2.24, 2.45) is 0 Å². The molecule has 0 heterocycles. The van der Waals surface area contributed by atoms with Crippen molar-refractivity contribution in [2.75, 3.05) is 0 Å². The lowest BCUT2D eigenvalue weighted by Crippen LogP contribution is -1.99. The van der Waals surface area contributed by atoms with Gasteiger partial charge in [0.25, 0.3) is 5.24 Å². The molecule has 0 aliphatic rings. The first kappa shape index (κ1) is 11.4. The second-order valence-electron chi connectivity index (χ2n) is 2.35. The van der Waals surface area contributed by atoms with E-state index in [0.29, 0.717) is 0 Å². The molecule has 6 heteroatoms. The Balaban J connectivity index is 2.89. The molecule has 1 rings (SSSR count). The van der Waals surface area contributed by atoms with Crippen LogP contribution in [0.25, 0.3) is 0 Å². The van der Waals surface area contributed by atoms with Crippen molar-refractivity contribution in [1.29, 1.82) is 0 Å². The number of carbonyl (C=O) groups is 1. The first-order valence-electron chi connectivity index (χ1n) is 3.44. The summed E-state index contributed by atoms with van der Waals surface area (Å²) in [5.41, 5.74) is -4.30. The molecular weight excluding hydrogens is 237 g/mol. The van der Waals surface area contributed by atoms with Crippen LogP contribution < -0.4 is 0 Å². The normalized spacial score (nSPS) is 11.4. The predicted octanol–water partition coefficient (Wildman–Crippen LogP) is 3.68. The Labute approximate surface area is 87.2 Å². The van der Waals surface area contributed by atoms with Crippen LogP contribution in [-0.4, -0.2) is 10.8 Å². The molecule has 0 fully saturated rings. The summed E-state index contributed by atoms with van der Waals surface area (Å²) in [6.45, 7) is 0. The lowest BCUT2D eigenvalue weighted by Gasteiger charge is -2.05. The van der Waals surface area contributed by atoms with E-state index in [0.717, 1.165) is 6.07 Å². The van der Waals surface area contributed by atoms with Crippen LogP contribution in [0.4, 0.5) is 13.2 Å². The fraction of sp³-hybridized carbons (Fsp3) is 0.125. The smallest absolute Gasteiger partial charge is 0.276 e. The number of hydrogen-bond donors (Lipinski definition) is 0. The van der Waals surface area contributed by atoms with Gasteiger partial charge in [0, 0.05) is 10.5 Å². The second-order valence-corrected chi connectivity index (χ2v) is 3.83. The zero-order chi connectivity index (χ0) is 10.8. The average molecular weight is 241 g/mol. The number of benzene rings is 1. The first-order chi connectivity index (χ1) is 6.38. The summed E-state index contributed by atoms with van der Waals surface area (Å²) in [4.78, 5) is 10.6. The van der Waals surface area contributed by atoms with Crippen LogP contribution in [0.3, 0.4) is 0 Å². The van der Waals surface area contributed by atoms with Gasteiger partial charge in [-0.1, -0.05) is 12.1 Å². The fourth-order valence-corrected chi connectivity index (χ4v) is 1.53. The van der Waals surface area contributed by atoms with E-state index in [9.17, 15) is 18.0 Å². The highest BCUT2D eigenvalue weighted by Gasteiger charge is 2.29. The lowest BCUT2D eigenvalue weighted by atomic mass is 10.2. The number of alkyl halides is 3. The molecule has 0 unspecified atom stereocenters. The van der Waals surface area contributed by atoms with E-state index in [1.165, 1.54) is 18.2 Å². The highest BCUT2D eigenvalue weighted by molar-refractivity contribution is 8.00. The van der Waals surface area contributed by atoms with Crippen LogP contribution in [0.1, 0.15) is 10.4 Å².